The Morgan fingerprint density at radius 3 is 2.96 bits per heavy atom. The Morgan fingerprint density at radius 2 is 2.12 bits per heavy atom. The summed E-state index contributed by atoms with van der Waals surface area (Å²) in [5.41, 5.74) is 1.51. The topological polar surface area (TPSA) is 45.2 Å². The standard InChI is InChI=1S/C20H20FN3OS/c21-14-6-5-7-15(12-14)22-19(25)13-24-11-4-3-9-17(24)20-23-16-8-1-2-10-18(16)26-20/h1-2,5-8,10,12,17H,3-4,9,11,13H2,(H,22,25)/t17-/m0/s1. The summed E-state index contributed by atoms with van der Waals surface area (Å²) in [6.45, 7) is 1.16. The highest BCUT2D eigenvalue weighted by molar-refractivity contribution is 7.18. The van der Waals surface area contributed by atoms with Gasteiger partial charge in [0, 0.05) is 5.69 Å². The molecule has 1 amide bonds. The van der Waals surface area contributed by atoms with Crippen LogP contribution in [0.2, 0.25) is 0 Å². The summed E-state index contributed by atoms with van der Waals surface area (Å²) in [6.07, 6.45) is 3.23. The maximum absolute atomic E-state index is 13.3. The third-order valence-electron chi connectivity index (χ3n) is 4.66. The number of rotatable bonds is 4. The summed E-state index contributed by atoms with van der Waals surface area (Å²) in [7, 11) is 0. The van der Waals surface area contributed by atoms with Gasteiger partial charge in [0.2, 0.25) is 5.91 Å². The van der Waals surface area contributed by atoms with Crippen LogP contribution >= 0.6 is 11.3 Å². The molecule has 4 rings (SSSR count). The largest absolute Gasteiger partial charge is 0.325 e. The van der Waals surface area contributed by atoms with Crippen molar-refractivity contribution in [2.75, 3.05) is 18.4 Å². The Labute approximate surface area is 155 Å². The highest BCUT2D eigenvalue weighted by atomic mass is 32.1. The smallest absolute Gasteiger partial charge is 0.238 e. The van der Waals surface area contributed by atoms with Crippen LogP contribution in [0.5, 0.6) is 0 Å². The van der Waals surface area contributed by atoms with Crippen LogP contribution in [0.15, 0.2) is 48.5 Å². The molecule has 1 aromatic heterocycles. The van der Waals surface area contributed by atoms with Crippen molar-refractivity contribution in [2.45, 2.75) is 25.3 Å². The number of nitrogens with zero attached hydrogens (tertiary/aromatic N) is 2. The number of carbonyl (C=O) groups excluding carboxylic acids is 1. The molecule has 3 aromatic rings. The molecule has 4 nitrogen and oxygen atoms in total. The molecule has 134 valence electrons. The van der Waals surface area contributed by atoms with Crippen LogP contribution in [0.3, 0.4) is 0 Å². The third-order valence-corrected chi connectivity index (χ3v) is 5.80. The summed E-state index contributed by atoms with van der Waals surface area (Å²) in [4.78, 5) is 19.4. The number of halogens is 1. The molecule has 0 aliphatic carbocycles. The number of thiazole rings is 1. The predicted octanol–water partition coefficient (Wildman–Crippen LogP) is 4.60. The molecule has 6 heteroatoms. The molecule has 1 atom stereocenters. The lowest BCUT2D eigenvalue weighted by Gasteiger charge is -2.33. The minimum Gasteiger partial charge on any atom is -0.325 e. The van der Waals surface area contributed by atoms with Crippen LogP contribution in [0.4, 0.5) is 10.1 Å². The van der Waals surface area contributed by atoms with Crippen LogP contribution in [-0.2, 0) is 4.79 Å². The number of anilines is 1. The fourth-order valence-electron chi connectivity index (χ4n) is 3.44. The van der Waals surface area contributed by atoms with Gasteiger partial charge in [0.05, 0.1) is 22.8 Å². The van der Waals surface area contributed by atoms with Gasteiger partial charge in [-0.3, -0.25) is 9.69 Å². The van der Waals surface area contributed by atoms with Crippen molar-refractivity contribution in [1.29, 1.82) is 0 Å². The molecule has 26 heavy (non-hydrogen) atoms. The fraction of sp³-hybridized carbons (Fsp3) is 0.300. The van der Waals surface area contributed by atoms with Gasteiger partial charge >= 0.3 is 0 Å². The summed E-state index contributed by atoms with van der Waals surface area (Å²) in [5.74, 6) is -0.475. The van der Waals surface area contributed by atoms with E-state index >= 15 is 0 Å². The second-order valence-corrected chi connectivity index (χ2v) is 7.62. The number of nitrogens with one attached hydrogen (secondary N) is 1. The number of carbonyl (C=O) groups is 1. The van der Waals surface area contributed by atoms with E-state index in [1.165, 1.54) is 16.8 Å². The Kier molecular flexibility index (Phi) is 4.95. The summed E-state index contributed by atoms with van der Waals surface area (Å²) >= 11 is 1.71. The molecule has 0 saturated carbocycles. The first-order valence-corrected chi connectivity index (χ1v) is 9.65. The van der Waals surface area contributed by atoms with E-state index in [0.29, 0.717) is 5.69 Å². The lowest BCUT2D eigenvalue weighted by Crippen LogP contribution is -2.39. The Morgan fingerprint density at radius 1 is 1.23 bits per heavy atom. The van der Waals surface area contributed by atoms with Crippen molar-refractivity contribution >= 4 is 33.1 Å². The molecule has 1 N–H and O–H groups in total. The van der Waals surface area contributed by atoms with E-state index in [1.54, 1.807) is 23.5 Å². The predicted molar refractivity (Wildman–Crippen MR) is 103 cm³/mol. The summed E-state index contributed by atoms with van der Waals surface area (Å²) in [6, 6.07) is 14.3. The molecular formula is C20H20FN3OS. The third kappa shape index (κ3) is 3.76. The zero-order valence-corrected chi connectivity index (χ0v) is 15.1. The van der Waals surface area contributed by atoms with E-state index in [2.05, 4.69) is 16.3 Å². The first-order valence-electron chi connectivity index (χ1n) is 8.84. The lowest BCUT2D eigenvalue weighted by atomic mass is 10.0. The Balaban J connectivity index is 1.49. The number of amides is 1. The van der Waals surface area contributed by atoms with E-state index in [-0.39, 0.29) is 24.3 Å². The maximum Gasteiger partial charge on any atom is 0.238 e. The number of hydrogen-bond donors (Lipinski definition) is 1. The normalized spacial score (nSPS) is 18.1. The molecule has 1 saturated heterocycles. The van der Waals surface area contributed by atoms with Crippen molar-refractivity contribution in [3.05, 3.63) is 59.4 Å². The number of aromatic nitrogens is 1. The quantitative estimate of drug-likeness (QED) is 0.731. The van der Waals surface area contributed by atoms with Gasteiger partial charge in [-0.1, -0.05) is 24.6 Å². The van der Waals surface area contributed by atoms with Gasteiger partial charge in [0.1, 0.15) is 10.8 Å². The number of likely N-dealkylation sites (tertiary alicyclic amines) is 1. The number of benzene rings is 2. The van der Waals surface area contributed by atoms with Gasteiger partial charge in [-0.05, 0) is 49.7 Å². The summed E-state index contributed by atoms with van der Waals surface area (Å²) < 4.78 is 14.5. The van der Waals surface area contributed by atoms with E-state index in [4.69, 9.17) is 4.98 Å². The van der Waals surface area contributed by atoms with Gasteiger partial charge in [-0.2, -0.15) is 0 Å². The van der Waals surface area contributed by atoms with Crippen LogP contribution < -0.4 is 5.32 Å². The van der Waals surface area contributed by atoms with E-state index in [1.807, 2.05) is 18.2 Å². The molecule has 1 aliphatic rings. The van der Waals surface area contributed by atoms with E-state index < -0.39 is 0 Å². The maximum atomic E-state index is 13.3. The van der Waals surface area contributed by atoms with Crippen LogP contribution in [0, 0.1) is 5.82 Å². The lowest BCUT2D eigenvalue weighted by molar-refractivity contribution is -0.118. The molecular weight excluding hydrogens is 349 g/mol. The molecule has 1 fully saturated rings. The van der Waals surface area contributed by atoms with Crippen molar-refractivity contribution in [3.63, 3.8) is 0 Å². The van der Waals surface area contributed by atoms with E-state index in [0.717, 1.165) is 36.3 Å². The average Bonchev–Trinajstić information content (AvgIpc) is 3.06. The number of hydrogen-bond acceptors (Lipinski definition) is 4. The first kappa shape index (κ1) is 17.1. The second-order valence-electron chi connectivity index (χ2n) is 6.56. The molecule has 1 aliphatic heterocycles. The van der Waals surface area contributed by atoms with Gasteiger partial charge in [0.25, 0.3) is 0 Å². The number of para-hydroxylation sites is 1. The van der Waals surface area contributed by atoms with Crippen molar-refractivity contribution in [3.8, 4) is 0 Å². The van der Waals surface area contributed by atoms with Gasteiger partial charge in [-0.15, -0.1) is 11.3 Å². The SMILES string of the molecule is O=C(CN1CCCC[C@H]1c1nc2ccccc2s1)Nc1cccc(F)c1. The van der Waals surface area contributed by atoms with Gasteiger partial charge in [0.15, 0.2) is 0 Å². The highest BCUT2D eigenvalue weighted by Gasteiger charge is 2.28. The fourth-order valence-corrected chi connectivity index (χ4v) is 4.58. The van der Waals surface area contributed by atoms with Gasteiger partial charge in [-0.25, -0.2) is 9.37 Å². The number of fused-ring (bicyclic) bond motifs is 1. The van der Waals surface area contributed by atoms with Gasteiger partial charge < -0.3 is 5.32 Å². The van der Waals surface area contributed by atoms with Crippen LogP contribution in [-0.4, -0.2) is 28.9 Å². The molecule has 0 spiro atoms. The second kappa shape index (κ2) is 7.51. The Hall–Kier alpha value is -2.31. The Bertz CT molecular complexity index is 893. The van der Waals surface area contributed by atoms with Crippen LogP contribution in [0.25, 0.3) is 10.2 Å². The first-order chi connectivity index (χ1) is 12.7. The number of piperidine rings is 1. The highest BCUT2D eigenvalue weighted by Crippen LogP contribution is 2.35. The molecule has 0 radical (unpaired) electrons. The van der Waals surface area contributed by atoms with Crippen molar-refractivity contribution in [1.82, 2.24) is 9.88 Å². The molecule has 2 aromatic carbocycles. The van der Waals surface area contributed by atoms with Crippen LogP contribution in [0.1, 0.15) is 30.3 Å². The minimum absolute atomic E-state index is 0.122. The monoisotopic (exact) mass is 369 g/mol. The zero-order chi connectivity index (χ0) is 17.9. The average molecular weight is 369 g/mol. The molecule has 2 heterocycles. The van der Waals surface area contributed by atoms with Crippen molar-refractivity contribution < 1.29 is 9.18 Å². The van der Waals surface area contributed by atoms with Crippen molar-refractivity contribution in [2.24, 2.45) is 0 Å². The van der Waals surface area contributed by atoms with E-state index in [9.17, 15) is 9.18 Å². The summed E-state index contributed by atoms with van der Waals surface area (Å²) in [5, 5.41) is 3.86. The minimum atomic E-state index is -0.354. The zero-order valence-electron chi connectivity index (χ0n) is 14.3. The molecule has 0 bridgehead atoms. The molecule has 0 unspecified atom stereocenters.